The quantitative estimate of drug-likeness (QED) is 0.870. The third kappa shape index (κ3) is 2.71. The molecule has 0 N–H and O–H groups in total. The number of aromatic nitrogens is 2. The van der Waals surface area contributed by atoms with Crippen molar-refractivity contribution >= 4 is 11.6 Å². The molecule has 2 fully saturated rings. The number of imidazole rings is 1. The molecule has 0 saturated carbocycles. The van der Waals surface area contributed by atoms with Gasteiger partial charge in [-0.25, -0.2) is 4.98 Å². The zero-order valence-electron chi connectivity index (χ0n) is 14.6. The third-order valence-corrected chi connectivity index (χ3v) is 5.67. The normalized spacial score (nSPS) is 25.0. The van der Waals surface area contributed by atoms with Crippen LogP contribution in [0.4, 0.5) is 0 Å². The topological polar surface area (TPSA) is 40.9 Å². The van der Waals surface area contributed by atoms with Crippen LogP contribution in [0.15, 0.2) is 24.4 Å². The minimum absolute atomic E-state index is 0.229. The van der Waals surface area contributed by atoms with Crippen LogP contribution < -0.4 is 0 Å². The highest BCUT2D eigenvalue weighted by atomic mass is 16.2. The van der Waals surface area contributed by atoms with E-state index in [0.717, 1.165) is 43.8 Å². The van der Waals surface area contributed by atoms with Gasteiger partial charge in [-0.1, -0.05) is 6.07 Å². The molecule has 128 valence electrons. The molecule has 24 heavy (non-hydrogen) atoms. The van der Waals surface area contributed by atoms with Crippen molar-refractivity contribution in [2.24, 2.45) is 0 Å². The molecular weight excluding hydrogens is 300 g/mol. The second kappa shape index (κ2) is 6.20. The van der Waals surface area contributed by atoms with E-state index in [0.29, 0.717) is 12.1 Å². The lowest BCUT2D eigenvalue weighted by molar-refractivity contribution is -0.130. The lowest BCUT2D eigenvalue weighted by Gasteiger charge is -2.34. The third-order valence-electron chi connectivity index (χ3n) is 5.67. The Balaban J connectivity index is 1.54. The van der Waals surface area contributed by atoms with Gasteiger partial charge in [0.2, 0.25) is 5.91 Å². The van der Waals surface area contributed by atoms with Gasteiger partial charge in [0.15, 0.2) is 0 Å². The molecule has 2 saturated heterocycles. The lowest BCUT2D eigenvalue weighted by atomic mass is 10.0. The molecule has 2 aromatic heterocycles. The fraction of sp³-hybridized carbons (Fsp3) is 0.579. The highest BCUT2D eigenvalue weighted by Gasteiger charge is 2.38. The standard InChI is InChI=1S/C19H26N4O/c1-14-6-3-9-19-20-16(13-23(14)19)12-21-10-4-7-17(21)18-8-5-11-22(18)15(2)24/h3,6,9,13,17-18H,4-5,7-8,10-12H2,1-2H3/t17-,18-/m1/s1. The van der Waals surface area contributed by atoms with Crippen LogP contribution in [0, 0.1) is 6.92 Å². The minimum Gasteiger partial charge on any atom is -0.338 e. The predicted octanol–water partition coefficient (Wildman–Crippen LogP) is 2.62. The molecule has 0 aliphatic carbocycles. The summed E-state index contributed by atoms with van der Waals surface area (Å²) in [6.45, 7) is 6.74. The van der Waals surface area contributed by atoms with Gasteiger partial charge in [0, 0.05) is 44.0 Å². The smallest absolute Gasteiger partial charge is 0.219 e. The molecule has 0 unspecified atom stereocenters. The molecule has 5 heteroatoms. The predicted molar refractivity (Wildman–Crippen MR) is 93.8 cm³/mol. The Bertz CT molecular complexity index is 753. The summed E-state index contributed by atoms with van der Waals surface area (Å²) in [7, 11) is 0. The molecule has 2 aromatic rings. The van der Waals surface area contributed by atoms with Crippen LogP contribution in [-0.4, -0.2) is 50.3 Å². The maximum atomic E-state index is 11.9. The van der Waals surface area contributed by atoms with Crippen LogP contribution in [0.3, 0.4) is 0 Å². The number of carbonyl (C=O) groups excluding carboxylic acids is 1. The first-order valence-corrected chi connectivity index (χ1v) is 9.08. The van der Waals surface area contributed by atoms with E-state index >= 15 is 0 Å². The maximum Gasteiger partial charge on any atom is 0.219 e. The summed E-state index contributed by atoms with van der Waals surface area (Å²) in [5, 5.41) is 0. The fourth-order valence-corrected chi connectivity index (χ4v) is 4.55. The summed E-state index contributed by atoms with van der Waals surface area (Å²) in [6.07, 6.45) is 6.87. The van der Waals surface area contributed by atoms with E-state index in [2.05, 4.69) is 45.5 Å². The number of hydrogen-bond acceptors (Lipinski definition) is 3. The van der Waals surface area contributed by atoms with E-state index in [4.69, 9.17) is 4.98 Å². The van der Waals surface area contributed by atoms with Gasteiger partial charge in [-0.05, 0) is 51.3 Å². The Morgan fingerprint density at radius 3 is 2.79 bits per heavy atom. The average Bonchev–Trinajstić information content (AvgIpc) is 3.25. The van der Waals surface area contributed by atoms with Gasteiger partial charge >= 0.3 is 0 Å². The second-order valence-electron chi connectivity index (χ2n) is 7.23. The van der Waals surface area contributed by atoms with Gasteiger partial charge in [-0.3, -0.25) is 9.69 Å². The van der Waals surface area contributed by atoms with Crippen LogP contribution in [0.25, 0.3) is 5.65 Å². The van der Waals surface area contributed by atoms with Crippen molar-refractivity contribution in [2.75, 3.05) is 13.1 Å². The number of hydrogen-bond donors (Lipinski definition) is 0. The van der Waals surface area contributed by atoms with Crippen molar-refractivity contribution in [1.29, 1.82) is 0 Å². The van der Waals surface area contributed by atoms with Crippen LogP contribution in [-0.2, 0) is 11.3 Å². The van der Waals surface area contributed by atoms with Crippen molar-refractivity contribution in [3.8, 4) is 0 Å². The molecule has 4 heterocycles. The van der Waals surface area contributed by atoms with Crippen LogP contribution in [0.2, 0.25) is 0 Å². The monoisotopic (exact) mass is 326 g/mol. The number of nitrogens with zero attached hydrogens (tertiary/aromatic N) is 4. The van der Waals surface area contributed by atoms with E-state index in [1.807, 2.05) is 0 Å². The number of aryl methyl sites for hydroxylation is 1. The molecule has 0 spiro atoms. The number of pyridine rings is 1. The first kappa shape index (κ1) is 15.6. The van der Waals surface area contributed by atoms with E-state index in [1.54, 1.807) is 6.92 Å². The first-order chi connectivity index (χ1) is 11.6. The first-order valence-electron chi connectivity index (χ1n) is 9.08. The number of rotatable bonds is 3. The molecule has 2 aliphatic rings. The minimum atomic E-state index is 0.229. The average molecular weight is 326 g/mol. The molecule has 0 aromatic carbocycles. The van der Waals surface area contributed by atoms with E-state index < -0.39 is 0 Å². The van der Waals surface area contributed by atoms with Crippen LogP contribution >= 0.6 is 0 Å². The summed E-state index contributed by atoms with van der Waals surface area (Å²) < 4.78 is 2.16. The maximum absolute atomic E-state index is 11.9. The van der Waals surface area contributed by atoms with Crippen molar-refractivity contribution in [3.63, 3.8) is 0 Å². The van der Waals surface area contributed by atoms with Gasteiger partial charge in [0.1, 0.15) is 5.65 Å². The molecule has 0 radical (unpaired) electrons. The SMILES string of the molecule is CC(=O)N1CCC[C@@H]1[C@H]1CCCN1Cc1cn2c(C)cccc2n1. The molecule has 2 atom stereocenters. The van der Waals surface area contributed by atoms with Gasteiger partial charge in [-0.2, -0.15) is 0 Å². The summed E-state index contributed by atoms with van der Waals surface area (Å²) in [5.74, 6) is 0.229. The molecule has 0 bridgehead atoms. The Morgan fingerprint density at radius 1 is 1.21 bits per heavy atom. The van der Waals surface area contributed by atoms with Gasteiger partial charge in [0.05, 0.1) is 5.69 Å². The van der Waals surface area contributed by atoms with Gasteiger partial charge < -0.3 is 9.30 Å². The molecule has 4 rings (SSSR count). The Labute approximate surface area is 143 Å². The number of carbonyl (C=O) groups is 1. The Morgan fingerprint density at radius 2 is 2.00 bits per heavy atom. The van der Waals surface area contributed by atoms with Gasteiger partial charge in [0.25, 0.3) is 0 Å². The summed E-state index contributed by atoms with van der Waals surface area (Å²) >= 11 is 0. The Kier molecular flexibility index (Phi) is 4.04. The largest absolute Gasteiger partial charge is 0.338 e. The molecule has 2 aliphatic heterocycles. The molecule has 5 nitrogen and oxygen atoms in total. The highest BCUT2D eigenvalue weighted by Crippen LogP contribution is 2.31. The second-order valence-corrected chi connectivity index (χ2v) is 7.23. The zero-order valence-corrected chi connectivity index (χ0v) is 14.6. The number of likely N-dealkylation sites (tertiary alicyclic amines) is 2. The fourth-order valence-electron chi connectivity index (χ4n) is 4.55. The number of amides is 1. The van der Waals surface area contributed by atoms with E-state index in [1.165, 1.54) is 18.5 Å². The van der Waals surface area contributed by atoms with E-state index in [9.17, 15) is 4.79 Å². The van der Waals surface area contributed by atoms with Crippen LogP contribution in [0.5, 0.6) is 0 Å². The van der Waals surface area contributed by atoms with E-state index in [-0.39, 0.29) is 5.91 Å². The van der Waals surface area contributed by atoms with Crippen molar-refractivity contribution in [3.05, 3.63) is 35.8 Å². The zero-order chi connectivity index (χ0) is 16.7. The van der Waals surface area contributed by atoms with Crippen LogP contribution in [0.1, 0.15) is 44.0 Å². The van der Waals surface area contributed by atoms with Crippen molar-refractivity contribution < 1.29 is 4.79 Å². The van der Waals surface area contributed by atoms with Crippen molar-refractivity contribution in [1.82, 2.24) is 19.2 Å². The summed E-state index contributed by atoms with van der Waals surface area (Å²) in [5.41, 5.74) is 3.36. The molecule has 1 amide bonds. The number of fused-ring (bicyclic) bond motifs is 1. The van der Waals surface area contributed by atoms with Gasteiger partial charge in [-0.15, -0.1) is 0 Å². The summed E-state index contributed by atoms with van der Waals surface area (Å²) in [6, 6.07) is 7.11. The molecular formula is C19H26N4O. The Hall–Kier alpha value is -1.88. The van der Waals surface area contributed by atoms with Crippen molar-refractivity contribution in [2.45, 2.75) is 58.2 Å². The summed E-state index contributed by atoms with van der Waals surface area (Å²) in [4.78, 5) is 21.4. The highest BCUT2D eigenvalue weighted by molar-refractivity contribution is 5.74. The lowest BCUT2D eigenvalue weighted by Crippen LogP contribution is -2.47.